The van der Waals surface area contributed by atoms with Crippen LogP contribution in [0.5, 0.6) is 5.75 Å². The Morgan fingerprint density at radius 3 is 2.56 bits per heavy atom. The number of hydrogen-bond acceptors (Lipinski definition) is 4. The average Bonchev–Trinajstić information content (AvgIpc) is 2.26. The van der Waals surface area contributed by atoms with E-state index in [0.717, 1.165) is 0 Å². The highest BCUT2D eigenvalue weighted by Gasteiger charge is 2.22. The van der Waals surface area contributed by atoms with Crippen LogP contribution in [0.2, 0.25) is 0 Å². The third kappa shape index (κ3) is 2.20. The van der Waals surface area contributed by atoms with Gasteiger partial charge in [-0.25, -0.2) is 4.79 Å². The molecule has 0 aliphatic carbocycles. The van der Waals surface area contributed by atoms with Crippen LogP contribution in [0.1, 0.15) is 27.6 Å². The summed E-state index contributed by atoms with van der Waals surface area (Å²) in [5.74, 6) is -1.11. The van der Waals surface area contributed by atoms with Gasteiger partial charge in [0, 0.05) is 11.1 Å². The number of carboxylic acid groups (broad SMARTS) is 1. The fourth-order valence-corrected chi connectivity index (χ4v) is 1.51. The van der Waals surface area contributed by atoms with Crippen molar-refractivity contribution < 1.29 is 24.5 Å². The second-order valence-electron chi connectivity index (χ2n) is 3.32. The lowest BCUT2D eigenvalue weighted by Crippen LogP contribution is -2.12. The van der Waals surface area contributed by atoms with Crippen molar-refractivity contribution >= 4 is 12.3 Å². The largest absolute Gasteiger partial charge is 0.496 e. The lowest BCUT2D eigenvalue weighted by molar-refractivity contribution is -0.147. The summed E-state index contributed by atoms with van der Waals surface area (Å²) in [6.07, 6.45) is -1.11. The molecule has 0 bridgehead atoms. The van der Waals surface area contributed by atoms with Crippen LogP contribution in [0.3, 0.4) is 0 Å². The summed E-state index contributed by atoms with van der Waals surface area (Å²) in [5, 5.41) is 18.2. The monoisotopic (exact) mass is 224 g/mol. The SMILES string of the molecule is COc1c(C)cc(C=O)cc1C(O)C(=O)O. The first-order chi connectivity index (χ1) is 7.51. The van der Waals surface area contributed by atoms with Gasteiger partial charge in [0.05, 0.1) is 7.11 Å². The summed E-state index contributed by atoms with van der Waals surface area (Å²) in [5.41, 5.74) is 0.980. The van der Waals surface area contributed by atoms with E-state index in [2.05, 4.69) is 0 Å². The van der Waals surface area contributed by atoms with Crippen molar-refractivity contribution in [3.63, 3.8) is 0 Å². The molecule has 1 aromatic carbocycles. The summed E-state index contributed by atoms with van der Waals surface area (Å²) < 4.78 is 5.01. The predicted octanol–water partition coefficient (Wildman–Crippen LogP) is 0.934. The maximum atomic E-state index is 10.7. The Kier molecular flexibility index (Phi) is 3.63. The van der Waals surface area contributed by atoms with E-state index < -0.39 is 12.1 Å². The Labute approximate surface area is 92.3 Å². The van der Waals surface area contributed by atoms with Crippen molar-refractivity contribution in [1.82, 2.24) is 0 Å². The Balaban J connectivity index is 3.38. The number of benzene rings is 1. The number of methoxy groups -OCH3 is 1. The van der Waals surface area contributed by atoms with E-state index in [1.165, 1.54) is 13.2 Å². The molecule has 0 aliphatic rings. The number of carbonyl (C=O) groups excluding carboxylic acids is 1. The number of rotatable bonds is 4. The first-order valence-electron chi connectivity index (χ1n) is 4.55. The first-order valence-corrected chi connectivity index (χ1v) is 4.55. The molecule has 1 rings (SSSR count). The van der Waals surface area contributed by atoms with Crippen LogP contribution in [0.15, 0.2) is 12.1 Å². The van der Waals surface area contributed by atoms with Crippen LogP contribution in [0, 0.1) is 6.92 Å². The maximum Gasteiger partial charge on any atom is 0.337 e. The van der Waals surface area contributed by atoms with E-state index in [9.17, 15) is 14.7 Å². The van der Waals surface area contributed by atoms with Gasteiger partial charge in [0.25, 0.3) is 0 Å². The number of hydrogen-bond donors (Lipinski definition) is 2. The normalized spacial score (nSPS) is 11.9. The molecule has 0 saturated carbocycles. The summed E-state index contributed by atoms with van der Waals surface area (Å²) in [6, 6.07) is 2.86. The minimum absolute atomic E-state index is 0.0806. The number of aliphatic hydroxyl groups is 1. The van der Waals surface area contributed by atoms with E-state index in [0.29, 0.717) is 17.4 Å². The van der Waals surface area contributed by atoms with Crippen molar-refractivity contribution in [1.29, 1.82) is 0 Å². The van der Waals surface area contributed by atoms with Crippen LogP contribution in [0.25, 0.3) is 0 Å². The number of carboxylic acids is 1. The molecule has 0 radical (unpaired) electrons. The maximum absolute atomic E-state index is 10.7. The van der Waals surface area contributed by atoms with E-state index in [-0.39, 0.29) is 11.3 Å². The lowest BCUT2D eigenvalue weighted by atomic mass is 10.0. The summed E-state index contributed by atoms with van der Waals surface area (Å²) in [6.45, 7) is 1.67. The molecule has 0 saturated heterocycles. The van der Waals surface area contributed by atoms with Crippen LogP contribution in [0.4, 0.5) is 0 Å². The number of aliphatic hydroxyl groups excluding tert-OH is 1. The molecule has 5 nitrogen and oxygen atoms in total. The molecule has 2 N–H and O–H groups in total. The zero-order chi connectivity index (χ0) is 12.3. The van der Waals surface area contributed by atoms with Crippen molar-refractivity contribution in [2.45, 2.75) is 13.0 Å². The van der Waals surface area contributed by atoms with Crippen LogP contribution < -0.4 is 4.74 Å². The van der Waals surface area contributed by atoms with Gasteiger partial charge in [-0.05, 0) is 24.6 Å². The Bertz CT molecular complexity index is 425. The number of aliphatic carboxylic acids is 1. The van der Waals surface area contributed by atoms with E-state index in [1.807, 2.05) is 0 Å². The predicted molar refractivity (Wildman–Crippen MR) is 55.7 cm³/mol. The summed E-state index contributed by atoms with van der Waals surface area (Å²) in [4.78, 5) is 21.3. The molecule has 16 heavy (non-hydrogen) atoms. The third-order valence-corrected chi connectivity index (χ3v) is 2.19. The molecule has 5 heteroatoms. The first kappa shape index (κ1) is 12.2. The van der Waals surface area contributed by atoms with Crippen LogP contribution >= 0.6 is 0 Å². The van der Waals surface area contributed by atoms with Gasteiger partial charge in [0.1, 0.15) is 12.0 Å². The van der Waals surface area contributed by atoms with Crippen LogP contribution in [-0.2, 0) is 4.79 Å². The zero-order valence-corrected chi connectivity index (χ0v) is 8.93. The smallest absolute Gasteiger partial charge is 0.337 e. The highest BCUT2D eigenvalue weighted by molar-refractivity contribution is 5.80. The highest BCUT2D eigenvalue weighted by atomic mass is 16.5. The average molecular weight is 224 g/mol. The molecule has 0 spiro atoms. The van der Waals surface area contributed by atoms with Gasteiger partial charge >= 0.3 is 5.97 Å². The Morgan fingerprint density at radius 1 is 1.50 bits per heavy atom. The number of aryl methyl sites for hydroxylation is 1. The van der Waals surface area contributed by atoms with Gasteiger partial charge in [0.15, 0.2) is 6.10 Å². The number of aldehydes is 1. The number of ether oxygens (including phenoxy) is 1. The van der Waals surface area contributed by atoms with Crippen molar-refractivity contribution in [2.24, 2.45) is 0 Å². The van der Waals surface area contributed by atoms with Gasteiger partial charge in [-0.15, -0.1) is 0 Å². The van der Waals surface area contributed by atoms with Crippen LogP contribution in [-0.4, -0.2) is 29.6 Å². The minimum Gasteiger partial charge on any atom is -0.496 e. The Morgan fingerprint density at radius 2 is 2.12 bits per heavy atom. The minimum atomic E-state index is -1.70. The van der Waals surface area contributed by atoms with E-state index in [1.54, 1.807) is 13.0 Å². The van der Waals surface area contributed by atoms with Gasteiger partial charge in [-0.2, -0.15) is 0 Å². The Hall–Kier alpha value is -1.88. The second kappa shape index (κ2) is 4.76. The number of carbonyl (C=O) groups is 2. The molecule has 0 amide bonds. The quantitative estimate of drug-likeness (QED) is 0.743. The second-order valence-corrected chi connectivity index (χ2v) is 3.32. The third-order valence-electron chi connectivity index (χ3n) is 2.19. The molecule has 0 aliphatic heterocycles. The fraction of sp³-hybridized carbons (Fsp3) is 0.273. The lowest BCUT2D eigenvalue weighted by Gasteiger charge is -2.14. The molecular formula is C11H12O5. The topological polar surface area (TPSA) is 83.8 Å². The van der Waals surface area contributed by atoms with Gasteiger partial charge in [0.2, 0.25) is 0 Å². The fourth-order valence-electron chi connectivity index (χ4n) is 1.51. The molecule has 1 atom stereocenters. The van der Waals surface area contributed by atoms with Crippen molar-refractivity contribution in [3.05, 3.63) is 28.8 Å². The molecule has 86 valence electrons. The van der Waals surface area contributed by atoms with Gasteiger partial charge < -0.3 is 14.9 Å². The van der Waals surface area contributed by atoms with E-state index in [4.69, 9.17) is 9.84 Å². The molecular weight excluding hydrogens is 212 g/mol. The van der Waals surface area contributed by atoms with Crippen molar-refractivity contribution in [3.8, 4) is 5.75 Å². The molecule has 1 unspecified atom stereocenters. The van der Waals surface area contributed by atoms with E-state index >= 15 is 0 Å². The highest BCUT2D eigenvalue weighted by Crippen LogP contribution is 2.30. The standard InChI is InChI=1S/C11H12O5/c1-6-3-7(5-12)4-8(10(6)16-2)9(13)11(14)15/h3-5,9,13H,1-2H3,(H,14,15). The zero-order valence-electron chi connectivity index (χ0n) is 8.93. The molecule has 1 aromatic rings. The van der Waals surface area contributed by atoms with Gasteiger partial charge in [-0.1, -0.05) is 0 Å². The molecule has 0 aromatic heterocycles. The molecule has 0 fully saturated rings. The van der Waals surface area contributed by atoms with Gasteiger partial charge in [-0.3, -0.25) is 4.79 Å². The summed E-state index contributed by atoms with van der Waals surface area (Å²) >= 11 is 0. The molecule has 0 heterocycles. The summed E-state index contributed by atoms with van der Waals surface area (Å²) in [7, 11) is 1.38. The van der Waals surface area contributed by atoms with Crippen molar-refractivity contribution in [2.75, 3.05) is 7.11 Å².